The molecule has 0 aromatic carbocycles. The van der Waals surface area contributed by atoms with Gasteiger partial charge in [0.05, 0.1) is 12.7 Å². The molecule has 0 bridgehead atoms. The Bertz CT molecular complexity index is 208. The first-order valence-electron chi connectivity index (χ1n) is 7.16. The summed E-state index contributed by atoms with van der Waals surface area (Å²) in [6.45, 7) is 3.92. The highest BCUT2D eigenvalue weighted by atomic mass is 16.5. The molecule has 1 unspecified atom stereocenters. The van der Waals surface area contributed by atoms with Crippen LogP contribution in [0.4, 0.5) is 0 Å². The van der Waals surface area contributed by atoms with Crippen molar-refractivity contribution in [1.29, 1.82) is 0 Å². The van der Waals surface area contributed by atoms with Gasteiger partial charge < -0.3 is 14.8 Å². The summed E-state index contributed by atoms with van der Waals surface area (Å²) in [6, 6.07) is 0. The monoisotopic (exact) mass is 241 g/mol. The van der Waals surface area contributed by atoms with Crippen LogP contribution in [0, 0.1) is 5.41 Å². The third-order valence-corrected chi connectivity index (χ3v) is 4.33. The Balaban J connectivity index is 1.76. The van der Waals surface area contributed by atoms with Crippen LogP contribution in [0.2, 0.25) is 0 Å². The summed E-state index contributed by atoms with van der Waals surface area (Å²) in [6.07, 6.45) is 9.92. The summed E-state index contributed by atoms with van der Waals surface area (Å²) < 4.78 is 10.9. The van der Waals surface area contributed by atoms with Crippen LogP contribution in [0.15, 0.2) is 0 Å². The highest BCUT2D eigenvalue weighted by Gasteiger charge is 2.36. The molecule has 100 valence electrons. The van der Waals surface area contributed by atoms with E-state index in [9.17, 15) is 0 Å². The van der Waals surface area contributed by atoms with Gasteiger partial charge in [0.25, 0.3) is 0 Å². The summed E-state index contributed by atoms with van der Waals surface area (Å²) >= 11 is 0. The van der Waals surface area contributed by atoms with E-state index in [0.717, 1.165) is 26.3 Å². The first-order chi connectivity index (χ1) is 8.35. The standard InChI is InChI=1S/C14H27NO2/c1-16-10-8-15-12-14(6-2-3-7-14)11-13-5-4-9-17-13/h13,15H,2-12H2,1H3. The maximum Gasteiger partial charge on any atom is 0.0587 e. The molecule has 1 saturated heterocycles. The number of ether oxygens (including phenoxy) is 2. The lowest BCUT2D eigenvalue weighted by atomic mass is 9.80. The molecule has 2 fully saturated rings. The van der Waals surface area contributed by atoms with Crippen LogP contribution in [0.5, 0.6) is 0 Å². The maximum absolute atomic E-state index is 5.81. The van der Waals surface area contributed by atoms with Gasteiger partial charge in [-0.05, 0) is 37.5 Å². The Morgan fingerprint density at radius 3 is 2.76 bits per heavy atom. The van der Waals surface area contributed by atoms with E-state index < -0.39 is 0 Å². The van der Waals surface area contributed by atoms with Gasteiger partial charge in [-0.15, -0.1) is 0 Å². The third-order valence-electron chi connectivity index (χ3n) is 4.33. The van der Waals surface area contributed by atoms with E-state index in [1.54, 1.807) is 7.11 Å². The van der Waals surface area contributed by atoms with Gasteiger partial charge >= 0.3 is 0 Å². The second-order valence-corrected chi connectivity index (χ2v) is 5.72. The molecule has 2 rings (SSSR count). The lowest BCUT2D eigenvalue weighted by Gasteiger charge is -2.32. The van der Waals surface area contributed by atoms with Gasteiger partial charge in [-0.25, -0.2) is 0 Å². The zero-order chi connectivity index (χ0) is 12.0. The molecule has 0 radical (unpaired) electrons. The van der Waals surface area contributed by atoms with Gasteiger partial charge in [0.1, 0.15) is 0 Å². The molecule has 2 aliphatic rings. The fraction of sp³-hybridized carbons (Fsp3) is 1.00. The lowest BCUT2D eigenvalue weighted by Crippen LogP contribution is -2.36. The highest BCUT2D eigenvalue weighted by Crippen LogP contribution is 2.43. The molecule has 3 heteroatoms. The van der Waals surface area contributed by atoms with Crippen molar-refractivity contribution in [2.45, 2.75) is 51.0 Å². The molecule has 3 nitrogen and oxygen atoms in total. The Hall–Kier alpha value is -0.120. The number of hydrogen-bond acceptors (Lipinski definition) is 3. The van der Waals surface area contributed by atoms with Gasteiger partial charge in [0.2, 0.25) is 0 Å². The zero-order valence-electron chi connectivity index (χ0n) is 11.2. The third kappa shape index (κ3) is 3.94. The molecule has 17 heavy (non-hydrogen) atoms. The summed E-state index contributed by atoms with van der Waals surface area (Å²) in [4.78, 5) is 0. The summed E-state index contributed by atoms with van der Waals surface area (Å²) in [7, 11) is 1.76. The average molecular weight is 241 g/mol. The molecule has 1 saturated carbocycles. The summed E-state index contributed by atoms with van der Waals surface area (Å²) in [5.41, 5.74) is 0.517. The number of nitrogens with one attached hydrogen (secondary N) is 1. The molecule has 0 aromatic heterocycles. The van der Waals surface area contributed by atoms with Crippen LogP contribution in [0.3, 0.4) is 0 Å². The van der Waals surface area contributed by atoms with Crippen molar-refractivity contribution in [3.63, 3.8) is 0 Å². The van der Waals surface area contributed by atoms with Crippen molar-refractivity contribution in [2.75, 3.05) is 33.4 Å². The molecule has 0 amide bonds. The van der Waals surface area contributed by atoms with Gasteiger partial charge in [-0.3, -0.25) is 0 Å². The van der Waals surface area contributed by atoms with Crippen LogP contribution >= 0.6 is 0 Å². The highest BCUT2D eigenvalue weighted by molar-refractivity contribution is 4.89. The van der Waals surface area contributed by atoms with Crippen LogP contribution < -0.4 is 5.32 Å². The van der Waals surface area contributed by atoms with Crippen molar-refractivity contribution < 1.29 is 9.47 Å². The molecule has 1 aliphatic carbocycles. The van der Waals surface area contributed by atoms with Gasteiger partial charge in [0.15, 0.2) is 0 Å². The van der Waals surface area contributed by atoms with Gasteiger partial charge in [-0.2, -0.15) is 0 Å². The molecule has 1 heterocycles. The van der Waals surface area contributed by atoms with Crippen molar-refractivity contribution >= 4 is 0 Å². The van der Waals surface area contributed by atoms with E-state index in [1.807, 2.05) is 0 Å². The van der Waals surface area contributed by atoms with Crippen molar-refractivity contribution in [1.82, 2.24) is 5.32 Å². The van der Waals surface area contributed by atoms with Crippen molar-refractivity contribution in [3.8, 4) is 0 Å². The smallest absolute Gasteiger partial charge is 0.0587 e. The van der Waals surface area contributed by atoms with E-state index >= 15 is 0 Å². The molecule has 0 aromatic rings. The maximum atomic E-state index is 5.81. The van der Waals surface area contributed by atoms with E-state index in [2.05, 4.69) is 5.32 Å². The predicted molar refractivity (Wildman–Crippen MR) is 69.2 cm³/mol. The van der Waals surface area contributed by atoms with Crippen LogP contribution in [-0.2, 0) is 9.47 Å². The first-order valence-corrected chi connectivity index (χ1v) is 7.16. The minimum Gasteiger partial charge on any atom is -0.383 e. The van der Waals surface area contributed by atoms with Crippen LogP contribution in [0.25, 0.3) is 0 Å². The molecule has 1 atom stereocenters. The van der Waals surface area contributed by atoms with E-state index in [0.29, 0.717) is 11.5 Å². The number of methoxy groups -OCH3 is 1. The van der Waals surface area contributed by atoms with E-state index in [1.165, 1.54) is 44.9 Å². The summed E-state index contributed by atoms with van der Waals surface area (Å²) in [5, 5.41) is 3.56. The predicted octanol–water partition coefficient (Wildman–Crippen LogP) is 2.35. The largest absolute Gasteiger partial charge is 0.383 e. The Kier molecular flexibility index (Phi) is 5.26. The first kappa shape index (κ1) is 13.3. The molecular weight excluding hydrogens is 214 g/mol. The van der Waals surface area contributed by atoms with Gasteiger partial charge in [-0.1, -0.05) is 12.8 Å². The van der Waals surface area contributed by atoms with E-state index in [4.69, 9.17) is 9.47 Å². The Morgan fingerprint density at radius 1 is 1.29 bits per heavy atom. The number of hydrogen-bond donors (Lipinski definition) is 1. The fourth-order valence-electron chi connectivity index (χ4n) is 3.39. The molecule has 1 N–H and O–H groups in total. The second-order valence-electron chi connectivity index (χ2n) is 5.72. The van der Waals surface area contributed by atoms with Crippen LogP contribution in [0.1, 0.15) is 44.9 Å². The zero-order valence-corrected chi connectivity index (χ0v) is 11.2. The second kappa shape index (κ2) is 6.72. The van der Waals surface area contributed by atoms with Crippen molar-refractivity contribution in [2.24, 2.45) is 5.41 Å². The fourth-order valence-corrected chi connectivity index (χ4v) is 3.39. The average Bonchev–Trinajstić information content (AvgIpc) is 2.98. The SMILES string of the molecule is COCCNCC1(CC2CCCO2)CCCC1. The molecule has 0 spiro atoms. The van der Waals surface area contributed by atoms with Crippen molar-refractivity contribution in [3.05, 3.63) is 0 Å². The molecule has 1 aliphatic heterocycles. The van der Waals surface area contributed by atoms with Crippen LogP contribution in [-0.4, -0.2) is 39.5 Å². The molecular formula is C14H27NO2. The number of rotatable bonds is 7. The van der Waals surface area contributed by atoms with E-state index in [-0.39, 0.29) is 0 Å². The lowest BCUT2D eigenvalue weighted by molar-refractivity contribution is 0.0610. The topological polar surface area (TPSA) is 30.5 Å². The normalized spacial score (nSPS) is 27.7. The summed E-state index contributed by atoms with van der Waals surface area (Å²) in [5.74, 6) is 0. The minimum atomic E-state index is 0.517. The van der Waals surface area contributed by atoms with Gasteiger partial charge in [0, 0.05) is 26.8 Å². The minimum absolute atomic E-state index is 0.517. The Labute approximate surface area is 105 Å². The Morgan fingerprint density at radius 2 is 2.12 bits per heavy atom. The quantitative estimate of drug-likeness (QED) is 0.694.